The van der Waals surface area contributed by atoms with Gasteiger partial charge in [-0.1, -0.05) is 0 Å². The lowest BCUT2D eigenvalue weighted by Gasteiger charge is -2.33. The van der Waals surface area contributed by atoms with E-state index in [4.69, 9.17) is 0 Å². The van der Waals surface area contributed by atoms with E-state index < -0.39 is 36.5 Å². The van der Waals surface area contributed by atoms with Gasteiger partial charge in [0.05, 0.1) is 11.9 Å². The minimum atomic E-state index is -2.72. The highest BCUT2D eigenvalue weighted by Crippen LogP contribution is 2.42. The highest BCUT2D eigenvalue weighted by Gasteiger charge is 2.48. The molecule has 0 saturated heterocycles. The first-order chi connectivity index (χ1) is 7.46. The Labute approximate surface area is 89.7 Å². The molecule has 0 bridgehead atoms. The quantitative estimate of drug-likeness (QED) is 0.791. The molecule has 0 radical (unpaired) electrons. The van der Waals surface area contributed by atoms with Crippen molar-refractivity contribution < 1.29 is 18.0 Å². The number of aromatic nitrogens is 1. The molecule has 1 aromatic heterocycles. The van der Waals surface area contributed by atoms with Crippen molar-refractivity contribution in [2.75, 3.05) is 5.32 Å². The van der Waals surface area contributed by atoms with Gasteiger partial charge < -0.3 is 5.32 Å². The van der Waals surface area contributed by atoms with E-state index in [0.29, 0.717) is 5.69 Å². The molecule has 1 heterocycles. The minimum Gasteiger partial charge on any atom is -0.324 e. The van der Waals surface area contributed by atoms with Crippen LogP contribution in [-0.4, -0.2) is 16.8 Å². The van der Waals surface area contributed by atoms with Crippen LogP contribution in [0.3, 0.4) is 0 Å². The maximum Gasteiger partial charge on any atom is 0.249 e. The minimum absolute atomic E-state index is 0.307. The molecule has 0 atom stereocenters. The van der Waals surface area contributed by atoms with Crippen molar-refractivity contribution >= 4 is 11.6 Å². The predicted octanol–water partition coefficient (Wildman–Crippen LogP) is 2.20. The summed E-state index contributed by atoms with van der Waals surface area (Å²) in [5.41, 5.74) is 0.307. The fourth-order valence-corrected chi connectivity index (χ4v) is 1.54. The van der Waals surface area contributed by atoms with Gasteiger partial charge in [-0.3, -0.25) is 4.79 Å². The van der Waals surface area contributed by atoms with E-state index in [-0.39, 0.29) is 0 Å². The summed E-state index contributed by atoms with van der Waals surface area (Å²) in [7, 11) is 0. The standard InChI is InChI=1S/C10H9F3N2O/c11-8-2-1-7(5-14-8)15-9(16)6-3-10(12,13)4-6/h1-2,5-6H,3-4H2,(H,15,16). The number of rotatable bonds is 2. The van der Waals surface area contributed by atoms with Gasteiger partial charge in [0.15, 0.2) is 0 Å². The van der Waals surface area contributed by atoms with Gasteiger partial charge in [-0.15, -0.1) is 0 Å². The molecule has 0 unspecified atom stereocenters. The topological polar surface area (TPSA) is 42.0 Å². The number of alkyl halides is 2. The fourth-order valence-electron chi connectivity index (χ4n) is 1.54. The van der Waals surface area contributed by atoms with Crippen molar-refractivity contribution in [1.29, 1.82) is 0 Å². The molecule has 1 fully saturated rings. The molecule has 6 heteroatoms. The van der Waals surface area contributed by atoms with Gasteiger partial charge in [0, 0.05) is 18.8 Å². The third-order valence-electron chi connectivity index (χ3n) is 2.46. The van der Waals surface area contributed by atoms with Crippen LogP contribution in [0.4, 0.5) is 18.9 Å². The van der Waals surface area contributed by atoms with Crippen LogP contribution in [0, 0.1) is 11.9 Å². The second kappa shape index (κ2) is 3.77. The summed E-state index contributed by atoms with van der Waals surface area (Å²) in [6.45, 7) is 0. The normalized spacial score (nSPS) is 18.9. The first-order valence-electron chi connectivity index (χ1n) is 4.76. The van der Waals surface area contributed by atoms with Gasteiger partial charge in [0.1, 0.15) is 0 Å². The maximum absolute atomic E-state index is 12.5. The molecular weight excluding hydrogens is 221 g/mol. The Hall–Kier alpha value is -1.59. The molecule has 0 aliphatic heterocycles. The summed E-state index contributed by atoms with van der Waals surface area (Å²) in [5.74, 6) is -4.52. The molecule has 1 amide bonds. The van der Waals surface area contributed by atoms with Gasteiger partial charge in [-0.25, -0.2) is 13.8 Å². The van der Waals surface area contributed by atoms with Gasteiger partial charge >= 0.3 is 0 Å². The monoisotopic (exact) mass is 230 g/mol. The molecule has 2 rings (SSSR count). The van der Waals surface area contributed by atoms with Crippen LogP contribution >= 0.6 is 0 Å². The molecule has 1 saturated carbocycles. The van der Waals surface area contributed by atoms with Crippen molar-refractivity contribution in [2.45, 2.75) is 18.8 Å². The molecule has 16 heavy (non-hydrogen) atoms. The van der Waals surface area contributed by atoms with Crippen molar-refractivity contribution in [3.8, 4) is 0 Å². The molecule has 1 aromatic rings. The Kier molecular flexibility index (Phi) is 2.57. The highest BCUT2D eigenvalue weighted by molar-refractivity contribution is 5.93. The van der Waals surface area contributed by atoms with E-state index in [1.807, 2.05) is 0 Å². The summed E-state index contributed by atoms with van der Waals surface area (Å²) in [4.78, 5) is 14.7. The van der Waals surface area contributed by atoms with Gasteiger partial charge in [-0.2, -0.15) is 4.39 Å². The molecule has 1 N–H and O–H groups in total. The number of carbonyl (C=O) groups is 1. The number of hydrogen-bond acceptors (Lipinski definition) is 2. The molecule has 3 nitrogen and oxygen atoms in total. The van der Waals surface area contributed by atoms with Crippen LogP contribution in [0.15, 0.2) is 18.3 Å². The van der Waals surface area contributed by atoms with Crippen molar-refractivity contribution in [2.24, 2.45) is 5.92 Å². The summed E-state index contributed by atoms with van der Waals surface area (Å²) in [6.07, 6.45) is 0.297. The number of amides is 1. The Morgan fingerprint density at radius 1 is 1.44 bits per heavy atom. The Morgan fingerprint density at radius 3 is 2.62 bits per heavy atom. The van der Waals surface area contributed by atoms with E-state index >= 15 is 0 Å². The van der Waals surface area contributed by atoms with E-state index in [2.05, 4.69) is 10.3 Å². The first kappa shape index (κ1) is 10.9. The molecule has 86 valence electrons. The van der Waals surface area contributed by atoms with Crippen LogP contribution < -0.4 is 5.32 Å². The van der Waals surface area contributed by atoms with Crippen LogP contribution in [-0.2, 0) is 4.79 Å². The van der Waals surface area contributed by atoms with E-state index in [1.165, 1.54) is 6.07 Å². The highest BCUT2D eigenvalue weighted by atomic mass is 19.3. The Morgan fingerprint density at radius 2 is 2.12 bits per heavy atom. The second-order valence-corrected chi connectivity index (χ2v) is 3.82. The number of nitrogens with one attached hydrogen (secondary N) is 1. The molecule has 1 aliphatic carbocycles. The largest absolute Gasteiger partial charge is 0.324 e. The van der Waals surface area contributed by atoms with E-state index in [0.717, 1.165) is 12.3 Å². The van der Waals surface area contributed by atoms with Gasteiger partial charge in [-0.05, 0) is 12.1 Å². The summed E-state index contributed by atoms with van der Waals surface area (Å²) >= 11 is 0. The lowest BCUT2D eigenvalue weighted by Crippen LogP contribution is -2.42. The zero-order valence-electron chi connectivity index (χ0n) is 8.21. The zero-order valence-corrected chi connectivity index (χ0v) is 8.21. The van der Waals surface area contributed by atoms with Crippen molar-refractivity contribution in [3.05, 3.63) is 24.3 Å². The number of pyridine rings is 1. The Bertz CT molecular complexity index is 397. The molecule has 0 spiro atoms. The smallest absolute Gasteiger partial charge is 0.249 e. The molecular formula is C10H9F3N2O. The third kappa shape index (κ3) is 2.32. The lowest BCUT2D eigenvalue weighted by molar-refractivity contribution is -0.145. The first-order valence-corrected chi connectivity index (χ1v) is 4.76. The summed E-state index contributed by atoms with van der Waals surface area (Å²) in [5, 5.41) is 2.41. The SMILES string of the molecule is O=C(Nc1ccc(F)nc1)C1CC(F)(F)C1. The third-order valence-corrected chi connectivity index (χ3v) is 2.46. The van der Waals surface area contributed by atoms with E-state index in [9.17, 15) is 18.0 Å². The Balaban J connectivity index is 1.91. The van der Waals surface area contributed by atoms with Crippen LogP contribution in [0.2, 0.25) is 0 Å². The number of carbonyl (C=O) groups excluding carboxylic acids is 1. The zero-order chi connectivity index (χ0) is 11.8. The number of hydrogen-bond donors (Lipinski definition) is 1. The van der Waals surface area contributed by atoms with Crippen LogP contribution in [0.1, 0.15) is 12.8 Å². The summed E-state index contributed by atoms with van der Waals surface area (Å²) in [6, 6.07) is 2.42. The van der Waals surface area contributed by atoms with Crippen molar-refractivity contribution in [1.82, 2.24) is 4.98 Å². The molecule has 1 aliphatic rings. The van der Waals surface area contributed by atoms with Gasteiger partial charge in [0.2, 0.25) is 17.8 Å². The summed E-state index contributed by atoms with van der Waals surface area (Å²) < 4.78 is 37.4. The predicted molar refractivity (Wildman–Crippen MR) is 50.5 cm³/mol. The average Bonchev–Trinajstić information content (AvgIpc) is 2.18. The van der Waals surface area contributed by atoms with Crippen molar-refractivity contribution in [3.63, 3.8) is 0 Å². The number of nitrogens with zero attached hydrogens (tertiary/aromatic N) is 1. The second-order valence-electron chi connectivity index (χ2n) is 3.82. The average molecular weight is 230 g/mol. The van der Waals surface area contributed by atoms with E-state index in [1.54, 1.807) is 0 Å². The molecule has 0 aromatic carbocycles. The number of anilines is 1. The number of halogens is 3. The van der Waals surface area contributed by atoms with Crippen LogP contribution in [0.25, 0.3) is 0 Å². The maximum atomic E-state index is 12.5. The lowest BCUT2D eigenvalue weighted by atomic mass is 9.81. The van der Waals surface area contributed by atoms with Gasteiger partial charge in [0.25, 0.3) is 0 Å². The van der Waals surface area contributed by atoms with Crippen LogP contribution in [0.5, 0.6) is 0 Å². The fraction of sp³-hybridized carbons (Fsp3) is 0.400.